The van der Waals surface area contributed by atoms with Gasteiger partial charge in [-0.2, -0.15) is 0 Å². The third-order valence-corrected chi connectivity index (χ3v) is 5.93. The summed E-state index contributed by atoms with van der Waals surface area (Å²) < 4.78 is 0. The van der Waals surface area contributed by atoms with E-state index in [1.54, 1.807) is 0 Å². The van der Waals surface area contributed by atoms with E-state index in [9.17, 15) is 0 Å². The Kier molecular flexibility index (Phi) is 5.54. The molecule has 0 radical (unpaired) electrons. The number of nitrogens with zero attached hydrogens (tertiary/aromatic N) is 3. The highest BCUT2D eigenvalue weighted by Crippen LogP contribution is 2.25. The molecule has 3 aliphatic heterocycles. The van der Waals surface area contributed by atoms with Gasteiger partial charge in [-0.1, -0.05) is 6.92 Å². The number of nitrogens with one attached hydrogen (secondary N) is 1. The number of hydrogen-bond donors (Lipinski definition) is 1. The summed E-state index contributed by atoms with van der Waals surface area (Å²) >= 11 is 0. The Balaban J connectivity index is 1.45. The summed E-state index contributed by atoms with van der Waals surface area (Å²) in [5, 5.41) is 3.49. The highest BCUT2D eigenvalue weighted by molar-refractivity contribution is 4.88. The Labute approximate surface area is 130 Å². The SMILES string of the molecule is CC1CN(CC2CCNCC2)CCC1N1CCN(C)CC1. The van der Waals surface area contributed by atoms with Crippen molar-refractivity contribution in [3.8, 4) is 0 Å². The summed E-state index contributed by atoms with van der Waals surface area (Å²) in [6, 6.07) is 0.836. The molecular formula is C17H34N4. The lowest BCUT2D eigenvalue weighted by molar-refractivity contribution is 0.0288. The highest BCUT2D eigenvalue weighted by Gasteiger charge is 2.32. The quantitative estimate of drug-likeness (QED) is 0.836. The van der Waals surface area contributed by atoms with Crippen LogP contribution in [0.15, 0.2) is 0 Å². The third-order valence-electron chi connectivity index (χ3n) is 5.93. The minimum Gasteiger partial charge on any atom is -0.317 e. The van der Waals surface area contributed by atoms with E-state index in [2.05, 4.69) is 34.0 Å². The molecule has 3 rings (SSSR count). The van der Waals surface area contributed by atoms with E-state index in [0.29, 0.717) is 0 Å². The maximum atomic E-state index is 3.49. The molecule has 0 amide bonds. The number of hydrogen-bond acceptors (Lipinski definition) is 4. The Morgan fingerprint density at radius 1 is 0.952 bits per heavy atom. The second kappa shape index (κ2) is 7.40. The molecule has 4 heteroatoms. The van der Waals surface area contributed by atoms with Gasteiger partial charge in [0.1, 0.15) is 0 Å². The van der Waals surface area contributed by atoms with E-state index < -0.39 is 0 Å². The number of piperazine rings is 1. The van der Waals surface area contributed by atoms with E-state index in [-0.39, 0.29) is 0 Å². The Bertz CT molecular complexity index is 308. The van der Waals surface area contributed by atoms with Crippen molar-refractivity contribution in [2.45, 2.75) is 32.2 Å². The molecule has 2 atom stereocenters. The van der Waals surface area contributed by atoms with Gasteiger partial charge in [-0.25, -0.2) is 0 Å². The van der Waals surface area contributed by atoms with Crippen molar-refractivity contribution < 1.29 is 0 Å². The van der Waals surface area contributed by atoms with Gasteiger partial charge in [0.15, 0.2) is 0 Å². The van der Waals surface area contributed by atoms with Crippen LogP contribution in [-0.4, -0.2) is 86.7 Å². The van der Waals surface area contributed by atoms with E-state index in [4.69, 9.17) is 0 Å². The fraction of sp³-hybridized carbons (Fsp3) is 1.00. The minimum absolute atomic E-state index is 0.836. The predicted octanol–water partition coefficient (Wildman–Crippen LogP) is 0.944. The zero-order valence-corrected chi connectivity index (χ0v) is 14.1. The molecule has 0 aliphatic carbocycles. The number of likely N-dealkylation sites (N-methyl/N-ethyl adjacent to an activating group) is 1. The van der Waals surface area contributed by atoms with Gasteiger partial charge < -0.3 is 15.1 Å². The lowest BCUT2D eigenvalue weighted by Gasteiger charge is -2.46. The van der Waals surface area contributed by atoms with Gasteiger partial charge in [-0.3, -0.25) is 4.90 Å². The van der Waals surface area contributed by atoms with E-state index in [0.717, 1.165) is 17.9 Å². The van der Waals surface area contributed by atoms with Gasteiger partial charge in [0.2, 0.25) is 0 Å². The number of piperidine rings is 2. The van der Waals surface area contributed by atoms with Crippen molar-refractivity contribution in [2.75, 3.05) is 66.0 Å². The zero-order valence-electron chi connectivity index (χ0n) is 14.1. The first-order chi connectivity index (χ1) is 10.2. The van der Waals surface area contributed by atoms with E-state index in [1.807, 2.05) is 0 Å². The first kappa shape index (κ1) is 15.7. The molecule has 0 bridgehead atoms. The van der Waals surface area contributed by atoms with Gasteiger partial charge in [0, 0.05) is 45.3 Å². The molecule has 3 fully saturated rings. The lowest BCUT2D eigenvalue weighted by Crippen LogP contribution is -2.56. The average molecular weight is 294 g/mol. The standard InChI is InChI=1S/C17H34N4/c1-15-13-20(14-16-3-6-18-7-4-16)8-5-17(15)21-11-9-19(2)10-12-21/h15-18H,3-14H2,1-2H3. The van der Waals surface area contributed by atoms with Crippen LogP contribution in [0.4, 0.5) is 0 Å². The zero-order chi connectivity index (χ0) is 14.7. The largest absolute Gasteiger partial charge is 0.317 e. The van der Waals surface area contributed by atoms with Crippen LogP contribution in [0.25, 0.3) is 0 Å². The van der Waals surface area contributed by atoms with Gasteiger partial charge >= 0.3 is 0 Å². The molecule has 0 aromatic carbocycles. The van der Waals surface area contributed by atoms with Crippen molar-refractivity contribution in [3.63, 3.8) is 0 Å². The molecule has 122 valence electrons. The van der Waals surface area contributed by atoms with Crippen LogP contribution >= 0.6 is 0 Å². The van der Waals surface area contributed by atoms with E-state index >= 15 is 0 Å². The van der Waals surface area contributed by atoms with Crippen LogP contribution in [0.5, 0.6) is 0 Å². The fourth-order valence-corrected chi connectivity index (χ4v) is 4.51. The van der Waals surface area contributed by atoms with Crippen LogP contribution < -0.4 is 5.32 Å². The summed E-state index contributed by atoms with van der Waals surface area (Å²) in [7, 11) is 2.25. The van der Waals surface area contributed by atoms with Gasteiger partial charge in [-0.15, -0.1) is 0 Å². The monoisotopic (exact) mass is 294 g/mol. The summed E-state index contributed by atoms with van der Waals surface area (Å²) in [6.45, 7) is 14.0. The molecule has 2 unspecified atom stereocenters. The molecule has 1 N–H and O–H groups in total. The number of likely N-dealkylation sites (tertiary alicyclic amines) is 1. The van der Waals surface area contributed by atoms with Crippen molar-refractivity contribution in [1.82, 2.24) is 20.0 Å². The molecular weight excluding hydrogens is 260 g/mol. The number of rotatable bonds is 3. The molecule has 3 heterocycles. The topological polar surface area (TPSA) is 21.8 Å². The van der Waals surface area contributed by atoms with Crippen LogP contribution in [0, 0.1) is 11.8 Å². The van der Waals surface area contributed by atoms with Crippen LogP contribution in [0.2, 0.25) is 0 Å². The normalized spacial score (nSPS) is 35.1. The van der Waals surface area contributed by atoms with Crippen molar-refractivity contribution in [3.05, 3.63) is 0 Å². The smallest absolute Gasteiger partial charge is 0.0146 e. The summed E-state index contributed by atoms with van der Waals surface area (Å²) in [4.78, 5) is 7.99. The molecule has 0 spiro atoms. The molecule has 3 aliphatic rings. The first-order valence-corrected chi connectivity index (χ1v) is 9.08. The first-order valence-electron chi connectivity index (χ1n) is 9.08. The van der Waals surface area contributed by atoms with Crippen LogP contribution in [0.1, 0.15) is 26.2 Å². The maximum Gasteiger partial charge on any atom is 0.0146 e. The summed E-state index contributed by atoms with van der Waals surface area (Å²) in [5.74, 6) is 1.78. The highest BCUT2D eigenvalue weighted by atomic mass is 15.3. The minimum atomic E-state index is 0.836. The van der Waals surface area contributed by atoms with Crippen LogP contribution in [-0.2, 0) is 0 Å². The van der Waals surface area contributed by atoms with Crippen molar-refractivity contribution in [1.29, 1.82) is 0 Å². The molecule has 21 heavy (non-hydrogen) atoms. The molecule has 0 aromatic heterocycles. The molecule has 0 saturated carbocycles. The molecule has 3 saturated heterocycles. The Morgan fingerprint density at radius 3 is 2.33 bits per heavy atom. The fourth-order valence-electron chi connectivity index (χ4n) is 4.51. The Morgan fingerprint density at radius 2 is 1.67 bits per heavy atom. The second-order valence-corrected chi connectivity index (χ2v) is 7.63. The van der Waals surface area contributed by atoms with E-state index in [1.165, 1.54) is 78.2 Å². The van der Waals surface area contributed by atoms with Crippen molar-refractivity contribution in [2.24, 2.45) is 11.8 Å². The maximum absolute atomic E-state index is 3.49. The third kappa shape index (κ3) is 4.19. The summed E-state index contributed by atoms with van der Waals surface area (Å²) in [6.07, 6.45) is 4.15. The lowest BCUT2D eigenvalue weighted by atomic mass is 9.90. The average Bonchev–Trinajstić information content (AvgIpc) is 2.50. The Hall–Kier alpha value is -0.160. The van der Waals surface area contributed by atoms with Gasteiger partial charge in [0.25, 0.3) is 0 Å². The summed E-state index contributed by atoms with van der Waals surface area (Å²) in [5.41, 5.74) is 0. The predicted molar refractivity (Wildman–Crippen MR) is 88.7 cm³/mol. The molecule has 0 aromatic rings. The van der Waals surface area contributed by atoms with Gasteiger partial charge in [0.05, 0.1) is 0 Å². The second-order valence-electron chi connectivity index (χ2n) is 7.63. The van der Waals surface area contributed by atoms with Gasteiger partial charge in [-0.05, 0) is 57.8 Å². The molecule has 4 nitrogen and oxygen atoms in total. The van der Waals surface area contributed by atoms with Crippen LogP contribution in [0.3, 0.4) is 0 Å². The van der Waals surface area contributed by atoms with Crippen molar-refractivity contribution >= 4 is 0 Å².